The van der Waals surface area contributed by atoms with Crippen LogP contribution in [-0.4, -0.2) is 31.6 Å². The first-order valence-electron chi connectivity index (χ1n) is 11.0. The first kappa shape index (κ1) is 26.3. The Kier molecular flexibility index (Phi) is 11.0. The Morgan fingerprint density at radius 3 is 2.56 bits per heavy atom. The molecule has 34 heavy (non-hydrogen) atoms. The fraction of sp³-hybridized carbons (Fsp3) is 0.185. The SMILES string of the molecule is CN/C(=C\CN)C(=N)C(=O)/C=C\Nc1ccc(C2=CC=CCN2)cc1C.FCc1ccccc1. The quantitative estimate of drug-likeness (QED) is 0.284. The third-order valence-corrected chi connectivity index (χ3v) is 4.92. The Bertz CT molecular complexity index is 1090. The Morgan fingerprint density at radius 2 is 2.00 bits per heavy atom. The fourth-order valence-corrected chi connectivity index (χ4v) is 3.09. The number of allylic oxidation sites excluding steroid dienone is 4. The largest absolute Gasteiger partial charge is 0.387 e. The average Bonchev–Trinajstić information content (AvgIpc) is 2.89. The summed E-state index contributed by atoms with van der Waals surface area (Å²) >= 11 is 0. The summed E-state index contributed by atoms with van der Waals surface area (Å²) in [6.07, 6.45) is 10.6. The van der Waals surface area contributed by atoms with Gasteiger partial charge in [-0.3, -0.25) is 10.2 Å². The number of halogens is 1. The molecule has 6 N–H and O–H groups in total. The minimum Gasteiger partial charge on any atom is -0.387 e. The number of nitrogens with two attached hydrogens (primary N) is 1. The van der Waals surface area contributed by atoms with E-state index in [1.807, 2.05) is 49.4 Å². The minimum absolute atomic E-state index is 0.119. The standard InChI is InChI=1S/C20H25N5O.C7H7F/c1-14-13-15(17-5-3-4-11-24-17)6-7-16(14)25-12-9-19(26)20(22)18(23-2)8-10-21;8-6-7-4-2-1-3-5-7/h3-9,12-13,22-25H,10-11,21H2,1-2H3;1-5H,6H2/b12-9-,18-8-,22-20?;. The van der Waals surface area contributed by atoms with E-state index in [2.05, 4.69) is 28.1 Å². The second kappa shape index (κ2) is 14.2. The molecule has 0 aromatic heterocycles. The van der Waals surface area contributed by atoms with Crippen LogP contribution in [0, 0.1) is 12.3 Å². The summed E-state index contributed by atoms with van der Waals surface area (Å²) in [5.74, 6) is -0.399. The second-order valence-electron chi connectivity index (χ2n) is 7.36. The summed E-state index contributed by atoms with van der Waals surface area (Å²) in [7, 11) is 1.66. The Balaban J connectivity index is 0.000000430. The number of carbonyl (C=O) groups excluding carboxylic acids is 1. The molecule has 3 rings (SSSR count). The zero-order valence-corrected chi connectivity index (χ0v) is 19.6. The van der Waals surface area contributed by atoms with Crippen molar-refractivity contribution >= 4 is 22.9 Å². The van der Waals surface area contributed by atoms with E-state index in [9.17, 15) is 9.18 Å². The number of hydrogen-bond acceptors (Lipinski definition) is 6. The summed E-state index contributed by atoms with van der Waals surface area (Å²) in [4.78, 5) is 12.1. The molecular formula is C27H32FN5O. The predicted molar refractivity (Wildman–Crippen MR) is 139 cm³/mol. The van der Waals surface area contributed by atoms with Crippen LogP contribution in [0.2, 0.25) is 0 Å². The molecule has 1 aliphatic rings. The van der Waals surface area contributed by atoms with Crippen molar-refractivity contribution in [2.45, 2.75) is 13.6 Å². The maximum atomic E-state index is 12.1. The molecule has 0 radical (unpaired) electrons. The number of alkyl halides is 1. The second-order valence-corrected chi connectivity index (χ2v) is 7.36. The van der Waals surface area contributed by atoms with Gasteiger partial charge >= 0.3 is 0 Å². The summed E-state index contributed by atoms with van der Waals surface area (Å²) in [6, 6.07) is 15.1. The molecule has 0 saturated carbocycles. The topological polar surface area (TPSA) is 103 Å². The molecule has 0 saturated heterocycles. The van der Waals surface area contributed by atoms with Crippen LogP contribution in [0.15, 0.2) is 90.8 Å². The van der Waals surface area contributed by atoms with Gasteiger partial charge < -0.3 is 21.7 Å². The van der Waals surface area contributed by atoms with E-state index in [1.165, 1.54) is 6.08 Å². The van der Waals surface area contributed by atoms with Gasteiger partial charge in [0.2, 0.25) is 5.78 Å². The normalized spacial score (nSPS) is 12.8. The number of carbonyl (C=O) groups is 1. The van der Waals surface area contributed by atoms with Crippen LogP contribution in [0.3, 0.4) is 0 Å². The van der Waals surface area contributed by atoms with Crippen molar-refractivity contribution in [2.24, 2.45) is 5.73 Å². The number of aryl methyl sites for hydroxylation is 1. The lowest BCUT2D eigenvalue weighted by molar-refractivity contribution is -0.108. The molecule has 0 atom stereocenters. The zero-order valence-electron chi connectivity index (χ0n) is 19.6. The van der Waals surface area contributed by atoms with E-state index in [1.54, 1.807) is 31.5 Å². The smallest absolute Gasteiger partial charge is 0.207 e. The molecule has 0 unspecified atom stereocenters. The van der Waals surface area contributed by atoms with Crippen molar-refractivity contribution in [2.75, 3.05) is 25.5 Å². The fourth-order valence-electron chi connectivity index (χ4n) is 3.09. The van der Waals surface area contributed by atoms with Crippen LogP contribution in [-0.2, 0) is 11.5 Å². The lowest BCUT2D eigenvalue weighted by Gasteiger charge is -2.14. The molecule has 0 bridgehead atoms. The molecule has 0 fully saturated rings. The van der Waals surface area contributed by atoms with Crippen LogP contribution >= 0.6 is 0 Å². The molecule has 178 valence electrons. The van der Waals surface area contributed by atoms with Gasteiger partial charge in [0.05, 0.1) is 5.70 Å². The Hall–Kier alpha value is -3.97. The maximum Gasteiger partial charge on any atom is 0.207 e. The number of rotatable bonds is 9. The van der Waals surface area contributed by atoms with Gasteiger partial charge in [-0.15, -0.1) is 0 Å². The van der Waals surface area contributed by atoms with Crippen LogP contribution in [0.5, 0.6) is 0 Å². The molecule has 0 spiro atoms. The van der Waals surface area contributed by atoms with E-state index < -0.39 is 5.78 Å². The van der Waals surface area contributed by atoms with Crippen molar-refractivity contribution < 1.29 is 9.18 Å². The van der Waals surface area contributed by atoms with Crippen LogP contribution in [0.25, 0.3) is 5.70 Å². The van der Waals surface area contributed by atoms with Gasteiger partial charge in [0, 0.05) is 43.8 Å². The van der Waals surface area contributed by atoms with E-state index >= 15 is 0 Å². The van der Waals surface area contributed by atoms with Gasteiger partial charge in [-0.25, -0.2) is 4.39 Å². The maximum absolute atomic E-state index is 12.1. The molecule has 0 amide bonds. The first-order valence-corrected chi connectivity index (χ1v) is 11.0. The molecule has 1 heterocycles. The minimum atomic E-state index is -0.399. The van der Waals surface area contributed by atoms with Crippen LogP contribution in [0.4, 0.5) is 10.1 Å². The molecule has 7 heteroatoms. The summed E-state index contributed by atoms with van der Waals surface area (Å²) in [5, 5.41) is 17.1. The van der Waals surface area contributed by atoms with Gasteiger partial charge in [0.1, 0.15) is 12.4 Å². The highest BCUT2D eigenvalue weighted by Gasteiger charge is 2.10. The van der Waals surface area contributed by atoms with Crippen LogP contribution in [0.1, 0.15) is 16.7 Å². The third kappa shape index (κ3) is 8.18. The third-order valence-electron chi connectivity index (χ3n) is 4.92. The number of nitrogens with one attached hydrogen (secondary N) is 4. The first-order chi connectivity index (χ1) is 16.5. The molecule has 0 aliphatic carbocycles. The van der Waals surface area contributed by atoms with Crippen molar-refractivity contribution in [1.29, 1.82) is 5.41 Å². The van der Waals surface area contributed by atoms with Crippen LogP contribution < -0.4 is 21.7 Å². The van der Waals surface area contributed by atoms with E-state index in [0.29, 0.717) is 5.70 Å². The van der Waals surface area contributed by atoms with Gasteiger partial charge in [0.25, 0.3) is 0 Å². The molecule has 6 nitrogen and oxygen atoms in total. The highest BCUT2D eigenvalue weighted by molar-refractivity contribution is 6.48. The van der Waals surface area contributed by atoms with E-state index in [4.69, 9.17) is 11.1 Å². The van der Waals surface area contributed by atoms with Gasteiger partial charge in [-0.1, -0.05) is 48.6 Å². The van der Waals surface area contributed by atoms with Crippen molar-refractivity contribution in [3.8, 4) is 0 Å². The Labute approximate surface area is 200 Å². The zero-order chi connectivity index (χ0) is 24.8. The summed E-state index contributed by atoms with van der Waals surface area (Å²) < 4.78 is 11.7. The van der Waals surface area contributed by atoms with Crippen molar-refractivity contribution in [1.82, 2.24) is 10.6 Å². The van der Waals surface area contributed by atoms with Crippen molar-refractivity contribution in [3.63, 3.8) is 0 Å². The highest BCUT2D eigenvalue weighted by Crippen LogP contribution is 2.21. The number of anilines is 1. The predicted octanol–water partition coefficient (Wildman–Crippen LogP) is 4.23. The average molecular weight is 462 g/mol. The van der Waals surface area contributed by atoms with Crippen molar-refractivity contribution in [3.05, 3.63) is 107 Å². The lowest BCUT2D eigenvalue weighted by Crippen LogP contribution is -2.23. The molecule has 1 aliphatic heterocycles. The molecule has 2 aromatic carbocycles. The number of benzene rings is 2. The monoisotopic (exact) mass is 461 g/mol. The van der Waals surface area contributed by atoms with E-state index in [0.717, 1.165) is 34.6 Å². The lowest BCUT2D eigenvalue weighted by atomic mass is 10.1. The number of ketones is 1. The summed E-state index contributed by atoms with van der Waals surface area (Å²) in [6.45, 7) is 2.74. The Morgan fingerprint density at radius 1 is 1.24 bits per heavy atom. The number of hydrogen-bond donors (Lipinski definition) is 5. The van der Waals surface area contributed by atoms with E-state index in [-0.39, 0.29) is 18.9 Å². The molecular weight excluding hydrogens is 429 g/mol. The van der Waals surface area contributed by atoms with Gasteiger partial charge in [-0.2, -0.15) is 0 Å². The van der Waals surface area contributed by atoms with Gasteiger partial charge in [-0.05, 0) is 47.9 Å². The summed E-state index contributed by atoms with van der Waals surface area (Å²) in [5.41, 5.74) is 10.7. The highest BCUT2D eigenvalue weighted by atomic mass is 19.1. The molecule has 2 aromatic rings. The number of dihydropyridines is 1. The van der Waals surface area contributed by atoms with Gasteiger partial charge in [0.15, 0.2) is 0 Å².